The van der Waals surface area contributed by atoms with Crippen molar-refractivity contribution in [2.45, 2.75) is 13.0 Å². The number of piperazine rings is 1. The van der Waals surface area contributed by atoms with Gasteiger partial charge >= 0.3 is 0 Å². The molecule has 6 heteroatoms. The Morgan fingerprint density at radius 2 is 1.44 bits per heavy atom. The molecule has 0 aliphatic carbocycles. The van der Waals surface area contributed by atoms with Crippen molar-refractivity contribution < 1.29 is 4.79 Å². The first kappa shape index (κ1) is 21.9. The van der Waals surface area contributed by atoms with Crippen LogP contribution >= 0.6 is 0 Å². The Kier molecular flexibility index (Phi) is 6.68. The van der Waals surface area contributed by atoms with Gasteiger partial charge in [0.1, 0.15) is 0 Å². The number of anilines is 2. The van der Waals surface area contributed by atoms with Crippen LogP contribution in [0.2, 0.25) is 0 Å². The van der Waals surface area contributed by atoms with Crippen LogP contribution in [0.1, 0.15) is 11.1 Å². The van der Waals surface area contributed by atoms with Crippen LogP contribution in [-0.2, 0) is 17.8 Å². The Morgan fingerprint density at radius 3 is 2.15 bits per heavy atom. The number of para-hydroxylation sites is 1. The number of nitrogens with one attached hydrogen (secondary N) is 1. The number of amides is 1. The van der Waals surface area contributed by atoms with Crippen LogP contribution in [0.25, 0.3) is 5.69 Å². The first-order valence-corrected chi connectivity index (χ1v) is 11.7. The molecular formula is C28H29N5O. The fourth-order valence-electron chi connectivity index (χ4n) is 4.33. The van der Waals surface area contributed by atoms with E-state index >= 15 is 0 Å². The predicted octanol–water partition coefficient (Wildman–Crippen LogP) is 4.38. The van der Waals surface area contributed by atoms with Gasteiger partial charge in [-0.2, -0.15) is 5.10 Å². The fraction of sp³-hybridized carbons (Fsp3) is 0.214. The van der Waals surface area contributed by atoms with Gasteiger partial charge in [-0.3, -0.25) is 9.69 Å². The van der Waals surface area contributed by atoms with E-state index in [1.165, 1.54) is 11.3 Å². The molecule has 0 atom stereocenters. The molecule has 1 fully saturated rings. The van der Waals surface area contributed by atoms with Crippen LogP contribution in [0, 0.1) is 0 Å². The monoisotopic (exact) mass is 451 g/mol. The van der Waals surface area contributed by atoms with Crippen molar-refractivity contribution >= 4 is 17.3 Å². The molecule has 1 aliphatic rings. The Bertz CT molecular complexity index is 1200. The molecule has 5 rings (SSSR count). The zero-order chi connectivity index (χ0) is 23.2. The SMILES string of the molecule is O=C(Cc1cnn(-c2ccccc2)c1)Nc1ccc(N2CCN(Cc3ccccc3)CC2)cc1. The molecule has 1 aromatic heterocycles. The summed E-state index contributed by atoms with van der Waals surface area (Å²) in [4.78, 5) is 17.4. The highest BCUT2D eigenvalue weighted by molar-refractivity contribution is 5.92. The highest BCUT2D eigenvalue weighted by Crippen LogP contribution is 2.20. The average Bonchev–Trinajstić information content (AvgIpc) is 3.34. The second-order valence-corrected chi connectivity index (χ2v) is 8.65. The normalized spacial score (nSPS) is 14.2. The maximum absolute atomic E-state index is 12.5. The third-order valence-corrected chi connectivity index (χ3v) is 6.16. The van der Waals surface area contributed by atoms with Crippen LogP contribution in [0.5, 0.6) is 0 Å². The quantitative estimate of drug-likeness (QED) is 0.453. The van der Waals surface area contributed by atoms with Gasteiger partial charge in [0, 0.05) is 50.3 Å². The van der Waals surface area contributed by atoms with Crippen molar-refractivity contribution in [3.8, 4) is 5.69 Å². The summed E-state index contributed by atoms with van der Waals surface area (Å²) < 4.78 is 1.79. The van der Waals surface area contributed by atoms with Crippen LogP contribution < -0.4 is 10.2 Å². The topological polar surface area (TPSA) is 53.4 Å². The number of nitrogens with zero attached hydrogens (tertiary/aromatic N) is 4. The Balaban J connectivity index is 1.11. The third-order valence-electron chi connectivity index (χ3n) is 6.16. The average molecular weight is 452 g/mol. The summed E-state index contributed by atoms with van der Waals surface area (Å²) in [7, 11) is 0. The van der Waals surface area contributed by atoms with Gasteiger partial charge in [0.05, 0.1) is 18.3 Å². The van der Waals surface area contributed by atoms with Gasteiger partial charge in [-0.05, 0) is 47.5 Å². The number of carbonyl (C=O) groups excluding carboxylic acids is 1. The molecule has 2 heterocycles. The smallest absolute Gasteiger partial charge is 0.228 e. The number of hydrogen-bond acceptors (Lipinski definition) is 4. The molecule has 0 bridgehead atoms. The summed E-state index contributed by atoms with van der Waals surface area (Å²) in [6.45, 7) is 5.10. The lowest BCUT2D eigenvalue weighted by molar-refractivity contribution is -0.115. The van der Waals surface area contributed by atoms with Gasteiger partial charge in [0.15, 0.2) is 0 Å². The molecule has 1 aliphatic heterocycles. The molecule has 4 aromatic rings. The number of benzene rings is 3. The maximum atomic E-state index is 12.5. The molecule has 6 nitrogen and oxygen atoms in total. The standard InChI is InChI=1S/C28H29N5O/c34-28(19-24-20-29-33(22-24)27-9-5-2-6-10-27)30-25-11-13-26(14-12-25)32-17-15-31(16-18-32)21-23-7-3-1-4-8-23/h1-14,20,22H,15-19,21H2,(H,30,34). The first-order valence-electron chi connectivity index (χ1n) is 11.7. The minimum absolute atomic E-state index is 0.0464. The van der Waals surface area contributed by atoms with E-state index in [0.29, 0.717) is 0 Å². The van der Waals surface area contributed by atoms with Crippen LogP contribution in [0.4, 0.5) is 11.4 Å². The lowest BCUT2D eigenvalue weighted by atomic mass is 10.2. The molecule has 34 heavy (non-hydrogen) atoms. The minimum Gasteiger partial charge on any atom is -0.369 e. The molecule has 0 radical (unpaired) electrons. The summed E-state index contributed by atoms with van der Waals surface area (Å²) in [6, 6.07) is 28.7. The van der Waals surface area contributed by atoms with Crippen LogP contribution in [0.15, 0.2) is 97.3 Å². The molecule has 0 saturated carbocycles. The number of aromatic nitrogens is 2. The molecule has 0 unspecified atom stereocenters. The van der Waals surface area contributed by atoms with Gasteiger partial charge in [-0.1, -0.05) is 48.5 Å². The van der Waals surface area contributed by atoms with E-state index in [2.05, 4.69) is 62.7 Å². The molecule has 3 aromatic carbocycles. The van der Waals surface area contributed by atoms with E-state index in [4.69, 9.17) is 0 Å². The molecule has 1 saturated heterocycles. The van der Waals surface area contributed by atoms with Gasteiger partial charge in [-0.25, -0.2) is 4.68 Å². The number of hydrogen-bond donors (Lipinski definition) is 1. The summed E-state index contributed by atoms with van der Waals surface area (Å²) >= 11 is 0. The second kappa shape index (κ2) is 10.4. The predicted molar refractivity (Wildman–Crippen MR) is 136 cm³/mol. The number of carbonyl (C=O) groups is 1. The largest absolute Gasteiger partial charge is 0.369 e. The Morgan fingerprint density at radius 1 is 0.765 bits per heavy atom. The van der Waals surface area contributed by atoms with Crippen LogP contribution in [0.3, 0.4) is 0 Å². The van der Waals surface area contributed by atoms with Gasteiger partial charge in [0.2, 0.25) is 5.91 Å². The van der Waals surface area contributed by atoms with Crippen molar-refractivity contribution in [2.75, 3.05) is 36.4 Å². The summed E-state index contributed by atoms with van der Waals surface area (Å²) in [6.07, 6.45) is 3.93. The van der Waals surface area contributed by atoms with Crippen molar-refractivity contribution in [1.82, 2.24) is 14.7 Å². The Hall–Kier alpha value is -3.90. The van der Waals surface area contributed by atoms with Crippen molar-refractivity contribution in [3.63, 3.8) is 0 Å². The molecule has 0 spiro atoms. The zero-order valence-corrected chi connectivity index (χ0v) is 19.2. The van der Waals surface area contributed by atoms with Crippen molar-refractivity contribution in [2.24, 2.45) is 0 Å². The molecule has 1 N–H and O–H groups in total. The van der Waals surface area contributed by atoms with E-state index in [1.54, 1.807) is 10.9 Å². The third kappa shape index (κ3) is 5.53. The van der Waals surface area contributed by atoms with Crippen LogP contribution in [-0.4, -0.2) is 46.8 Å². The zero-order valence-electron chi connectivity index (χ0n) is 19.2. The highest BCUT2D eigenvalue weighted by Gasteiger charge is 2.17. The van der Waals surface area contributed by atoms with Gasteiger partial charge in [-0.15, -0.1) is 0 Å². The first-order chi connectivity index (χ1) is 16.7. The summed E-state index contributed by atoms with van der Waals surface area (Å²) in [5, 5.41) is 7.37. The minimum atomic E-state index is -0.0464. The molecule has 172 valence electrons. The van der Waals surface area contributed by atoms with E-state index < -0.39 is 0 Å². The molecular weight excluding hydrogens is 422 g/mol. The second-order valence-electron chi connectivity index (χ2n) is 8.65. The maximum Gasteiger partial charge on any atom is 0.228 e. The fourth-order valence-corrected chi connectivity index (χ4v) is 4.33. The van der Waals surface area contributed by atoms with Gasteiger partial charge < -0.3 is 10.2 Å². The summed E-state index contributed by atoms with van der Waals surface area (Å²) in [5.41, 5.74) is 5.23. The number of rotatable bonds is 7. The van der Waals surface area contributed by atoms with E-state index in [-0.39, 0.29) is 12.3 Å². The van der Waals surface area contributed by atoms with E-state index in [9.17, 15) is 4.79 Å². The van der Waals surface area contributed by atoms with E-state index in [1.807, 2.05) is 48.7 Å². The lowest BCUT2D eigenvalue weighted by Gasteiger charge is -2.36. The lowest BCUT2D eigenvalue weighted by Crippen LogP contribution is -2.45. The van der Waals surface area contributed by atoms with Crippen molar-refractivity contribution in [1.29, 1.82) is 0 Å². The highest BCUT2D eigenvalue weighted by atomic mass is 16.1. The Labute approximate surface area is 200 Å². The van der Waals surface area contributed by atoms with Gasteiger partial charge in [0.25, 0.3) is 0 Å². The summed E-state index contributed by atoms with van der Waals surface area (Å²) in [5.74, 6) is -0.0464. The van der Waals surface area contributed by atoms with Crippen molar-refractivity contribution in [3.05, 3.63) is 108 Å². The van der Waals surface area contributed by atoms with E-state index in [0.717, 1.165) is 49.7 Å². The molecule has 1 amide bonds.